The molecule has 0 saturated heterocycles. The highest BCUT2D eigenvalue weighted by Crippen LogP contribution is 2.28. The van der Waals surface area contributed by atoms with Crippen molar-refractivity contribution in [3.05, 3.63) is 24.3 Å². The lowest BCUT2D eigenvalue weighted by Crippen LogP contribution is -2.35. The highest BCUT2D eigenvalue weighted by atomic mass is 32.2. The summed E-state index contributed by atoms with van der Waals surface area (Å²) in [6.45, 7) is -2.06. The number of rotatable bonds is 4. The SMILES string of the molecule is CSc1ccccc1OC(=O)C(F)(F)CF. The number of benzene rings is 1. The van der Waals surface area contributed by atoms with Gasteiger partial charge in [-0.1, -0.05) is 12.1 Å². The molecule has 1 aromatic rings. The maximum Gasteiger partial charge on any atom is 0.385 e. The molecule has 0 radical (unpaired) electrons. The summed E-state index contributed by atoms with van der Waals surface area (Å²) in [7, 11) is 0. The minimum absolute atomic E-state index is 0.00752. The first-order valence-corrected chi connectivity index (χ1v) is 5.53. The lowest BCUT2D eigenvalue weighted by Gasteiger charge is -2.12. The van der Waals surface area contributed by atoms with Crippen molar-refractivity contribution in [1.82, 2.24) is 0 Å². The van der Waals surface area contributed by atoms with Crippen LogP contribution in [0, 0.1) is 0 Å². The molecule has 0 aliphatic rings. The van der Waals surface area contributed by atoms with Crippen molar-refractivity contribution in [2.24, 2.45) is 0 Å². The number of hydrogen-bond acceptors (Lipinski definition) is 3. The number of carbonyl (C=O) groups excluding carboxylic acids is 1. The quantitative estimate of drug-likeness (QED) is 0.467. The van der Waals surface area contributed by atoms with Crippen molar-refractivity contribution in [1.29, 1.82) is 0 Å². The van der Waals surface area contributed by atoms with Crippen LogP contribution in [0.15, 0.2) is 29.2 Å². The molecule has 0 fully saturated rings. The summed E-state index contributed by atoms with van der Waals surface area (Å²) in [4.78, 5) is 11.4. The van der Waals surface area contributed by atoms with Gasteiger partial charge in [0, 0.05) is 4.90 Å². The number of para-hydroxylation sites is 1. The molecule has 6 heteroatoms. The molecule has 0 heterocycles. The zero-order valence-corrected chi connectivity index (χ0v) is 9.19. The Hall–Kier alpha value is -1.17. The average molecular weight is 250 g/mol. The molecular formula is C10H9F3O2S. The monoisotopic (exact) mass is 250 g/mol. The second-order valence-corrected chi connectivity index (χ2v) is 3.73. The van der Waals surface area contributed by atoms with Crippen LogP contribution in [0.5, 0.6) is 5.75 Å². The Morgan fingerprint density at radius 3 is 2.62 bits per heavy atom. The summed E-state index contributed by atoms with van der Waals surface area (Å²) in [6, 6.07) is 6.20. The third-order valence-electron chi connectivity index (χ3n) is 1.74. The maximum atomic E-state index is 12.6. The van der Waals surface area contributed by atoms with Gasteiger partial charge in [0.05, 0.1) is 0 Å². The van der Waals surface area contributed by atoms with Crippen molar-refractivity contribution in [3.8, 4) is 5.75 Å². The van der Waals surface area contributed by atoms with Gasteiger partial charge in [0.1, 0.15) is 5.75 Å². The van der Waals surface area contributed by atoms with Crippen LogP contribution < -0.4 is 4.74 Å². The minimum atomic E-state index is -4.09. The molecule has 0 saturated carbocycles. The summed E-state index contributed by atoms with van der Waals surface area (Å²) in [6.07, 6.45) is 1.71. The van der Waals surface area contributed by atoms with Gasteiger partial charge in [-0.25, -0.2) is 9.18 Å². The average Bonchev–Trinajstić information content (AvgIpc) is 2.29. The van der Waals surface area contributed by atoms with E-state index in [9.17, 15) is 18.0 Å². The Kier molecular flexibility index (Phi) is 4.23. The van der Waals surface area contributed by atoms with Crippen LogP contribution >= 0.6 is 11.8 Å². The molecule has 0 bridgehead atoms. The van der Waals surface area contributed by atoms with Crippen LogP contribution in [-0.2, 0) is 4.79 Å². The van der Waals surface area contributed by atoms with Gasteiger partial charge in [-0.15, -0.1) is 11.8 Å². The van der Waals surface area contributed by atoms with Gasteiger partial charge in [0.15, 0.2) is 6.67 Å². The van der Waals surface area contributed by atoms with E-state index >= 15 is 0 Å². The van der Waals surface area contributed by atoms with Crippen LogP contribution in [0.25, 0.3) is 0 Å². The van der Waals surface area contributed by atoms with E-state index in [0.717, 1.165) is 0 Å². The summed E-state index contributed by atoms with van der Waals surface area (Å²) >= 11 is 1.24. The van der Waals surface area contributed by atoms with Gasteiger partial charge >= 0.3 is 11.9 Å². The van der Waals surface area contributed by atoms with Crippen LogP contribution in [0.2, 0.25) is 0 Å². The summed E-state index contributed by atoms with van der Waals surface area (Å²) < 4.78 is 41.5. The molecule has 16 heavy (non-hydrogen) atoms. The highest BCUT2D eigenvalue weighted by molar-refractivity contribution is 7.98. The predicted molar refractivity (Wildman–Crippen MR) is 54.8 cm³/mol. The molecule has 0 unspecified atom stereocenters. The van der Waals surface area contributed by atoms with E-state index in [1.165, 1.54) is 23.9 Å². The van der Waals surface area contributed by atoms with E-state index < -0.39 is 18.6 Å². The van der Waals surface area contributed by atoms with E-state index in [2.05, 4.69) is 4.74 Å². The lowest BCUT2D eigenvalue weighted by atomic mass is 10.3. The molecule has 0 aromatic heterocycles. The van der Waals surface area contributed by atoms with Gasteiger partial charge in [0.2, 0.25) is 0 Å². The van der Waals surface area contributed by atoms with E-state index in [0.29, 0.717) is 4.90 Å². The molecule has 0 spiro atoms. The largest absolute Gasteiger partial charge is 0.421 e. The first-order valence-electron chi connectivity index (χ1n) is 4.30. The lowest BCUT2D eigenvalue weighted by molar-refractivity contribution is -0.163. The van der Waals surface area contributed by atoms with E-state index in [1.807, 2.05) is 0 Å². The molecule has 1 aromatic carbocycles. The number of halogens is 3. The van der Waals surface area contributed by atoms with Crippen LogP contribution in [0.3, 0.4) is 0 Å². The second kappa shape index (κ2) is 5.25. The summed E-state index contributed by atoms with van der Waals surface area (Å²) in [5.74, 6) is -5.96. The van der Waals surface area contributed by atoms with Crippen molar-refractivity contribution in [2.45, 2.75) is 10.8 Å². The van der Waals surface area contributed by atoms with Crippen LogP contribution in [-0.4, -0.2) is 24.8 Å². The first kappa shape index (κ1) is 12.9. The first-order chi connectivity index (χ1) is 7.51. The van der Waals surface area contributed by atoms with Gasteiger partial charge in [-0.2, -0.15) is 8.78 Å². The molecule has 0 amide bonds. The Morgan fingerprint density at radius 2 is 2.06 bits per heavy atom. The maximum absolute atomic E-state index is 12.6. The van der Waals surface area contributed by atoms with E-state index in [-0.39, 0.29) is 5.75 Å². The Morgan fingerprint density at radius 1 is 1.44 bits per heavy atom. The van der Waals surface area contributed by atoms with Crippen LogP contribution in [0.1, 0.15) is 0 Å². The summed E-state index contributed by atoms with van der Waals surface area (Å²) in [5.41, 5.74) is 0. The highest BCUT2D eigenvalue weighted by Gasteiger charge is 2.41. The molecule has 0 aliphatic heterocycles. The van der Waals surface area contributed by atoms with E-state index in [1.54, 1.807) is 18.4 Å². The summed E-state index contributed by atoms with van der Waals surface area (Å²) in [5, 5.41) is 0. The number of esters is 1. The molecule has 1 rings (SSSR count). The molecule has 0 N–H and O–H groups in total. The number of thioether (sulfide) groups is 1. The number of ether oxygens (including phenoxy) is 1. The molecule has 0 atom stereocenters. The fourth-order valence-corrected chi connectivity index (χ4v) is 1.46. The third kappa shape index (κ3) is 2.91. The van der Waals surface area contributed by atoms with Gasteiger partial charge < -0.3 is 4.74 Å². The van der Waals surface area contributed by atoms with Gasteiger partial charge in [-0.3, -0.25) is 0 Å². The van der Waals surface area contributed by atoms with Crippen molar-refractivity contribution in [3.63, 3.8) is 0 Å². The zero-order valence-electron chi connectivity index (χ0n) is 8.38. The smallest absolute Gasteiger partial charge is 0.385 e. The fraction of sp³-hybridized carbons (Fsp3) is 0.300. The number of hydrogen-bond donors (Lipinski definition) is 0. The van der Waals surface area contributed by atoms with Crippen molar-refractivity contribution < 1.29 is 22.7 Å². The van der Waals surface area contributed by atoms with Crippen molar-refractivity contribution >= 4 is 17.7 Å². The third-order valence-corrected chi connectivity index (χ3v) is 2.52. The van der Waals surface area contributed by atoms with Gasteiger partial charge in [0.25, 0.3) is 0 Å². The molecule has 2 nitrogen and oxygen atoms in total. The number of alkyl halides is 3. The Bertz CT molecular complexity index is 382. The topological polar surface area (TPSA) is 26.3 Å². The van der Waals surface area contributed by atoms with Crippen molar-refractivity contribution in [2.75, 3.05) is 12.9 Å². The molecule has 0 aliphatic carbocycles. The standard InChI is InChI=1S/C10H9F3O2S/c1-16-8-5-3-2-4-7(8)15-9(14)10(12,13)6-11/h2-5H,6H2,1H3. The zero-order chi connectivity index (χ0) is 12.2. The second-order valence-electron chi connectivity index (χ2n) is 2.88. The number of carbonyl (C=O) groups is 1. The Labute approximate surface area is 94.8 Å². The Balaban J connectivity index is 2.85. The van der Waals surface area contributed by atoms with Crippen LogP contribution in [0.4, 0.5) is 13.2 Å². The fourth-order valence-electron chi connectivity index (χ4n) is 0.932. The normalized spacial score (nSPS) is 11.2. The van der Waals surface area contributed by atoms with E-state index in [4.69, 9.17) is 0 Å². The predicted octanol–water partition coefficient (Wildman–Crippen LogP) is 2.92. The molecule has 88 valence electrons. The van der Waals surface area contributed by atoms with Gasteiger partial charge in [-0.05, 0) is 18.4 Å². The molecular weight excluding hydrogens is 241 g/mol. The minimum Gasteiger partial charge on any atom is -0.421 e.